The number of rotatable bonds is 9. The predicted octanol–water partition coefficient (Wildman–Crippen LogP) is 3.55. The molecule has 12 rings (SSSR count). The van der Waals surface area contributed by atoms with Crippen LogP contribution in [0.5, 0.6) is 5.75 Å². The number of thiazole rings is 5. The second kappa shape index (κ2) is 27.2. The van der Waals surface area contributed by atoms with Gasteiger partial charge in [-0.2, -0.15) is 4.73 Å². The Labute approximate surface area is 567 Å². The van der Waals surface area contributed by atoms with Crippen molar-refractivity contribution < 1.29 is 87.3 Å². The third-order valence-corrected chi connectivity index (χ3v) is 20.6. The third-order valence-electron chi connectivity index (χ3n) is 16.1. The number of carbonyl (C=O) groups is 8. The molecule has 12 N–H and O–H groups in total. The predicted molar refractivity (Wildman–Crippen MR) is 345 cm³/mol. The number of carbonyl (C=O) groups excluding carboxylic acids is 8. The first-order valence-corrected chi connectivity index (χ1v) is 33.7. The molecule has 32 nitrogen and oxygen atoms in total. The number of esters is 2. The third kappa shape index (κ3) is 13.3. The van der Waals surface area contributed by atoms with Gasteiger partial charge in [0.1, 0.15) is 120 Å². The van der Waals surface area contributed by atoms with Gasteiger partial charge in [-0.3, -0.25) is 28.8 Å². The molecule has 7 aromatic heterocycles. The smallest absolute Gasteiger partial charge is 0.358 e. The van der Waals surface area contributed by atoms with Gasteiger partial charge in [0.15, 0.2) is 18.1 Å². The molecule has 12 bridgehead atoms. The molecule has 1 fully saturated rings. The van der Waals surface area contributed by atoms with Crippen molar-refractivity contribution in [2.45, 2.75) is 108 Å². The van der Waals surface area contributed by atoms with E-state index in [1.807, 2.05) is 0 Å². The van der Waals surface area contributed by atoms with Gasteiger partial charge in [0, 0.05) is 49.8 Å². The number of amides is 6. The van der Waals surface area contributed by atoms with E-state index in [0.29, 0.717) is 10.3 Å². The van der Waals surface area contributed by atoms with E-state index in [1.54, 1.807) is 33.0 Å². The molecule has 0 unspecified atom stereocenters. The van der Waals surface area contributed by atoms with Crippen LogP contribution in [-0.2, 0) is 56.0 Å². The Morgan fingerprint density at radius 3 is 2.25 bits per heavy atom. The number of pyridine rings is 1. The number of allylic oxidation sites excluding steroid dienone is 1. The van der Waals surface area contributed by atoms with Crippen molar-refractivity contribution in [1.82, 2.24) is 66.5 Å². The number of nitrogens with one attached hydrogen (secondary N) is 6. The van der Waals surface area contributed by atoms with Crippen LogP contribution in [0.15, 0.2) is 69.2 Å². The first-order valence-electron chi connectivity index (χ1n) is 29.3. The highest BCUT2D eigenvalue weighted by atomic mass is 32.1. The topological polar surface area (TPSA) is 453 Å². The molecule has 4 aliphatic heterocycles. The van der Waals surface area contributed by atoms with Crippen molar-refractivity contribution in [3.63, 3.8) is 0 Å². The number of benzene rings is 1. The Morgan fingerprint density at radius 1 is 0.856 bits per heavy atom. The normalized spacial score (nSPS) is 24.1. The van der Waals surface area contributed by atoms with Crippen LogP contribution >= 0.6 is 56.7 Å². The average molecular weight is 1420 g/mol. The van der Waals surface area contributed by atoms with Crippen molar-refractivity contribution in [1.29, 1.82) is 0 Å². The summed E-state index contributed by atoms with van der Waals surface area (Å²) in [5, 5.41) is 70.1. The summed E-state index contributed by atoms with van der Waals surface area (Å²) in [4.78, 5) is 142. The van der Waals surface area contributed by atoms with Crippen LogP contribution in [-0.4, -0.2) is 172 Å². The van der Waals surface area contributed by atoms with Crippen LogP contribution in [0, 0.1) is 0 Å². The standard InChI is InChI=1S/C60H58N14O18S5/c1-21(47(61)77)63-48(78)30-18-96-56(68-30)41-35(76)11-26-40(70-41)29-16-94-54(65-29)28-15-90-58(83)43-27-14-88-44(45(92-36-12-60(5,85)46(62-6)24(4)91-36)59(84)89-13-25-9-8-10-34(37(25)27)74(43)86)42(57-69-31(19-97-57)49(79)64-28)73-51(81)33-20-95-55(67-33)39(23(3)87-7)72-52(82)38(22(2)75)71-50(80)32-17-93-53(26)66-32/h8-11,16-20,22,24,28,36,38,42,44-46,62,75-76,85-86H,1,12-15H2,2-7H3,(H2,61,77)(H,63,78)(H,64,79)(H,71,80)(H,72,82)(H,73,81)/b39-23+/t22-,24-,28-,36+,38+,42-,44-,45+,46-,60+/m1/s1. The molecule has 1 saturated heterocycles. The molecule has 0 aliphatic carbocycles. The molecule has 8 aromatic rings. The van der Waals surface area contributed by atoms with Gasteiger partial charge in [-0.25, -0.2) is 39.5 Å². The van der Waals surface area contributed by atoms with Crippen LogP contribution in [0.25, 0.3) is 49.3 Å². The van der Waals surface area contributed by atoms with Gasteiger partial charge in [-0.1, -0.05) is 18.7 Å². The van der Waals surface area contributed by atoms with Crippen LogP contribution < -0.4 is 37.6 Å². The number of nitrogens with two attached hydrogens (primary N) is 1. The number of hydrogen-bond acceptors (Lipinski definition) is 30. The number of aliphatic hydroxyl groups is 2. The van der Waals surface area contributed by atoms with E-state index in [-0.39, 0.29) is 105 Å². The zero-order valence-corrected chi connectivity index (χ0v) is 55.8. The van der Waals surface area contributed by atoms with Crippen molar-refractivity contribution in [3.05, 3.63) is 124 Å². The van der Waals surface area contributed by atoms with Crippen LogP contribution in [0.3, 0.4) is 0 Å². The highest BCUT2D eigenvalue weighted by molar-refractivity contribution is 7.14. The second-order valence-electron chi connectivity index (χ2n) is 22.7. The Hall–Kier alpha value is -9.54. The molecule has 37 heteroatoms. The van der Waals surface area contributed by atoms with E-state index in [1.165, 1.54) is 60.0 Å². The summed E-state index contributed by atoms with van der Waals surface area (Å²) < 4.78 is 38.0. The fourth-order valence-corrected chi connectivity index (χ4v) is 15.5. The van der Waals surface area contributed by atoms with Gasteiger partial charge in [0.05, 0.1) is 48.8 Å². The minimum absolute atomic E-state index is 0.00733. The van der Waals surface area contributed by atoms with Gasteiger partial charge in [0.25, 0.3) is 29.5 Å². The zero-order valence-electron chi connectivity index (χ0n) is 51.7. The highest BCUT2D eigenvalue weighted by Gasteiger charge is 2.49. The Morgan fingerprint density at radius 2 is 1.53 bits per heavy atom. The van der Waals surface area contributed by atoms with E-state index in [9.17, 15) is 49.3 Å². The molecule has 6 amide bonds. The molecule has 11 heterocycles. The van der Waals surface area contributed by atoms with Gasteiger partial charge < -0.3 is 86.6 Å². The maximum atomic E-state index is 15.1. The summed E-state index contributed by atoms with van der Waals surface area (Å²) in [6, 6.07) is 0.568. The van der Waals surface area contributed by atoms with E-state index < -0.39 is 145 Å². The molecule has 10 atom stereocenters. The zero-order chi connectivity index (χ0) is 69.0. The van der Waals surface area contributed by atoms with E-state index in [2.05, 4.69) is 53.4 Å². The summed E-state index contributed by atoms with van der Waals surface area (Å²) >= 11 is 4.45. The number of nitrogens with zero attached hydrogens (tertiary/aromatic N) is 7. The minimum Gasteiger partial charge on any atom is -0.506 e. The number of primary amides is 1. The van der Waals surface area contributed by atoms with Crippen LogP contribution in [0.1, 0.15) is 125 Å². The molecular weight excluding hydrogens is 1370 g/mol. The number of hydrogen-bond donors (Lipinski definition) is 11. The van der Waals surface area contributed by atoms with Gasteiger partial charge in [-0.15, -0.1) is 56.7 Å². The number of fused-ring (bicyclic) bond motifs is 15. The molecular formula is C60H58N14O18S5. The van der Waals surface area contributed by atoms with Gasteiger partial charge in [-0.05, 0) is 52.4 Å². The maximum Gasteiger partial charge on any atom is 0.358 e. The first kappa shape index (κ1) is 67.4. The Balaban J connectivity index is 1.04. The second-order valence-corrected chi connectivity index (χ2v) is 27.0. The summed E-state index contributed by atoms with van der Waals surface area (Å²) in [7, 11) is 2.94. The molecule has 0 spiro atoms. The lowest BCUT2D eigenvalue weighted by molar-refractivity contribution is -0.272. The number of aliphatic hydroxyl groups excluding tert-OH is 1. The van der Waals surface area contributed by atoms with Crippen molar-refractivity contribution >= 4 is 121 Å². The lowest BCUT2D eigenvalue weighted by atomic mass is 9.86. The minimum atomic E-state index is -1.92. The Bertz CT molecular complexity index is 4570. The molecule has 0 saturated carbocycles. The number of aromatic hydroxyl groups is 1. The van der Waals surface area contributed by atoms with Crippen molar-refractivity contribution in [2.75, 3.05) is 20.8 Å². The highest BCUT2D eigenvalue weighted by Crippen LogP contribution is 2.43. The number of likely N-dealkylation sites (N-methyl/N-ethyl adjacent to an activating group) is 1. The van der Waals surface area contributed by atoms with E-state index in [0.717, 1.165) is 56.7 Å². The molecule has 1 aromatic carbocycles. The SMILES string of the molecule is C=C(NC(=O)c1csc(-c2nc3c(cc2O)-c2nc(cs2)C(=O)N[C@@H]([C@@H](C)O)C(=O)N/C(=C(\C)OC)c2nc(cs2)C(=O)N[C@H]2c4nc(cs4)C(=O)N[C@H](COC(=O)c4c5c6c(cccc6n4O)COC(=O)[C@@H](O[C@H]4C[C@](C)(O)[C@H](NC)[C@@H](C)O4)[C@@H]2OC5)c2nc-3cs2)n1)C(N)=O. The van der Waals surface area contributed by atoms with Gasteiger partial charge in [0.2, 0.25) is 5.91 Å². The van der Waals surface area contributed by atoms with Gasteiger partial charge >= 0.3 is 11.9 Å². The quantitative estimate of drug-likeness (QED) is 0.0426. The largest absolute Gasteiger partial charge is 0.506 e. The van der Waals surface area contributed by atoms with Crippen molar-refractivity contribution in [3.8, 4) is 38.4 Å². The summed E-state index contributed by atoms with van der Waals surface area (Å²) in [6.07, 6.45) is -7.59. The maximum absolute atomic E-state index is 15.1. The number of cyclic esters (lactones) is 2. The average Bonchev–Trinajstić information content (AvgIpc) is 1.61. The fraction of sp³-hybridized carbons (Fsp3) is 0.333. The number of aromatic nitrogens is 7. The molecule has 97 heavy (non-hydrogen) atoms. The monoisotopic (exact) mass is 1420 g/mol. The molecule has 506 valence electrons. The number of methoxy groups -OCH3 is 1. The van der Waals surface area contributed by atoms with Crippen molar-refractivity contribution in [2.24, 2.45) is 5.73 Å². The fourth-order valence-electron chi connectivity index (χ4n) is 11.3. The lowest BCUT2D eigenvalue weighted by Gasteiger charge is -2.45. The molecule has 0 radical (unpaired) electrons. The summed E-state index contributed by atoms with van der Waals surface area (Å²) in [5.74, 6) is -8.29. The lowest BCUT2D eigenvalue weighted by Crippen LogP contribution is -2.61. The van der Waals surface area contributed by atoms with Crippen LogP contribution in [0.4, 0.5) is 0 Å². The van der Waals surface area contributed by atoms with Crippen LogP contribution in [0.2, 0.25) is 0 Å². The van der Waals surface area contributed by atoms with E-state index >= 15 is 9.59 Å². The number of ether oxygens (including phenoxy) is 6. The molecule has 4 aliphatic rings. The first-order chi connectivity index (χ1) is 46.3. The summed E-state index contributed by atoms with van der Waals surface area (Å²) in [6.45, 7) is 7.61. The van der Waals surface area contributed by atoms with E-state index in [4.69, 9.17) is 49.1 Å². The summed E-state index contributed by atoms with van der Waals surface area (Å²) in [5.41, 5.74) is 1.97. The Kier molecular flexibility index (Phi) is 18.9.